The van der Waals surface area contributed by atoms with Crippen LogP contribution in [0.1, 0.15) is 27.8 Å². The minimum Gasteiger partial charge on any atom is -0.492 e. The average molecular weight is 384 g/mol. The van der Waals surface area contributed by atoms with Gasteiger partial charge in [0.15, 0.2) is 0 Å². The minimum absolute atomic E-state index is 0.0293. The van der Waals surface area contributed by atoms with E-state index >= 15 is 0 Å². The van der Waals surface area contributed by atoms with E-state index in [0.717, 1.165) is 32.9 Å². The fourth-order valence-electron chi connectivity index (χ4n) is 3.35. The molecule has 2 aromatic rings. The Hall–Kier alpha value is -2.59. The maximum Gasteiger partial charge on any atom is 0.273 e. The Labute approximate surface area is 164 Å². The maximum atomic E-state index is 12.8. The molecule has 0 saturated heterocycles. The van der Waals surface area contributed by atoms with Gasteiger partial charge in [0, 0.05) is 0 Å². The van der Waals surface area contributed by atoms with Gasteiger partial charge < -0.3 is 4.74 Å². The first-order valence-corrected chi connectivity index (χ1v) is 9.20. The molecule has 5 heteroatoms. The number of carbonyl (C=O) groups excluding carboxylic acids is 2. The van der Waals surface area contributed by atoms with Crippen molar-refractivity contribution in [1.82, 2.24) is 4.90 Å². The van der Waals surface area contributed by atoms with E-state index in [1.54, 1.807) is 0 Å². The largest absolute Gasteiger partial charge is 0.492 e. The molecule has 0 atom stereocenters. The van der Waals surface area contributed by atoms with E-state index < -0.39 is 5.91 Å². The molecule has 2 aromatic carbocycles. The number of halogens is 1. The monoisotopic (exact) mass is 383 g/mol. The molecule has 0 aromatic heterocycles. The van der Waals surface area contributed by atoms with Crippen LogP contribution in [0.2, 0.25) is 0 Å². The van der Waals surface area contributed by atoms with E-state index in [4.69, 9.17) is 16.3 Å². The van der Waals surface area contributed by atoms with Crippen molar-refractivity contribution < 1.29 is 14.3 Å². The lowest BCUT2D eigenvalue weighted by Gasteiger charge is -2.16. The summed E-state index contributed by atoms with van der Waals surface area (Å²) in [5.41, 5.74) is 5.16. The van der Waals surface area contributed by atoms with Gasteiger partial charge in [0.2, 0.25) is 0 Å². The van der Waals surface area contributed by atoms with E-state index in [1.165, 1.54) is 0 Å². The summed E-state index contributed by atoms with van der Waals surface area (Å²) in [7, 11) is 0. The summed E-state index contributed by atoms with van der Waals surface area (Å²) in [6, 6.07) is 11.6. The molecule has 1 aliphatic heterocycles. The second kappa shape index (κ2) is 7.57. The molecule has 140 valence electrons. The maximum absolute atomic E-state index is 12.8. The van der Waals surface area contributed by atoms with E-state index in [0.29, 0.717) is 5.56 Å². The Morgan fingerprint density at radius 3 is 2.19 bits per heavy atom. The smallest absolute Gasteiger partial charge is 0.273 e. The fraction of sp³-hybridized carbons (Fsp3) is 0.273. The summed E-state index contributed by atoms with van der Waals surface area (Å²) in [5.74, 6) is -0.123. The normalized spacial score (nSPS) is 14.3. The topological polar surface area (TPSA) is 46.6 Å². The van der Waals surface area contributed by atoms with Crippen molar-refractivity contribution in [3.05, 3.63) is 69.2 Å². The molecule has 1 heterocycles. The quantitative estimate of drug-likeness (QED) is 0.722. The lowest BCUT2D eigenvalue weighted by Crippen LogP contribution is -2.35. The average Bonchev–Trinajstić information content (AvgIpc) is 2.78. The molecule has 0 fully saturated rings. The van der Waals surface area contributed by atoms with Gasteiger partial charge in [-0.15, -0.1) is 0 Å². The number of carbonyl (C=O) groups is 2. The highest BCUT2D eigenvalue weighted by atomic mass is 35.5. The summed E-state index contributed by atoms with van der Waals surface area (Å²) in [6.07, 6.45) is 0. The van der Waals surface area contributed by atoms with Crippen LogP contribution in [0.25, 0.3) is 5.57 Å². The van der Waals surface area contributed by atoms with Crippen molar-refractivity contribution in [2.45, 2.75) is 27.7 Å². The Morgan fingerprint density at radius 1 is 0.889 bits per heavy atom. The van der Waals surface area contributed by atoms with Gasteiger partial charge >= 0.3 is 0 Å². The standard InChI is InChI=1S/C22H22ClNO3/c1-13-5-6-18(16(4)10-13)19-20(23)22(26)24(21(19)25)7-8-27-17-11-14(2)9-15(3)12-17/h5-6,9-12H,7-8H2,1-4H3. The lowest BCUT2D eigenvalue weighted by molar-refractivity contribution is -0.137. The third-order valence-corrected chi connectivity index (χ3v) is 4.89. The van der Waals surface area contributed by atoms with Crippen LogP contribution in [0.5, 0.6) is 5.75 Å². The number of imide groups is 1. The number of hydrogen-bond donors (Lipinski definition) is 0. The number of hydrogen-bond acceptors (Lipinski definition) is 3. The number of amides is 2. The molecule has 2 amide bonds. The fourth-order valence-corrected chi connectivity index (χ4v) is 3.63. The summed E-state index contributed by atoms with van der Waals surface area (Å²) in [4.78, 5) is 26.5. The molecule has 1 aliphatic rings. The highest BCUT2D eigenvalue weighted by Gasteiger charge is 2.38. The van der Waals surface area contributed by atoms with Crippen LogP contribution in [-0.4, -0.2) is 29.9 Å². The van der Waals surface area contributed by atoms with Gasteiger partial charge in [0.05, 0.1) is 12.1 Å². The number of ether oxygens (including phenoxy) is 1. The zero-order chi connectivity index (χ0) is 19.7. The highest BCUT2D eigenvalue weighted by Crippen LogP contribution is 2.33. The van der Waals surface area contributed by atoms with E-state index in [2.05, 4.69) is 6.07 Å². The molecular formula is C22H22ClNO3. The van der Waals surface area contributed by atoms with Gasteiger partial charge in [-0.05, 0) is 62.1 Å². The molecule has 0 aliphatic carbocycles. The number of aryl methyl sites for hydroxylation is 4. The van der Waals surface area contributed by atoms with Crippen LogP contribution in [0.15, 0.2) is 41.4 Å². The molecule has 0 saturated carbocycles. The second-order valence-corrected chi connectivity index (χ2v) is 7.32. The van der Waals surface area contributed by atoms with Crippen molar-refractivity contribution >= 4 is 29.0 Å². The van der Waals surface area contributed by atoms with Crippen molar-refractivity contribution in [2.75, 3.05) is 13.2 Å². The molecule has 0 radical (unpaired) electrons. The van der Waals surface area contributed by atoms with Crippen molar-refractivity contribution in [3.8, 4) is 5.75 Å². The van der Waals surface area contributed by atoms with Crippen LogP contribution in [-0.2, 0) is 9.59 Å². The Balaban J connectivity index is 1.73. The Morgan fingerprint density at radius 2 is 1.56 bits per heavy atom. The molecular weight excluding hydrogens is 362 g/mol. The first-order chi connectivity index (χ1) is 12.8. The van der Waals surface area contributed by atoms with Crippen LogP contribution < -0.4 is 4.74 Å². The zero-order valence-corrected chi connectivity index (χ0v) is 16.7. The lowest BCUT2D eigenvalue weighted by atomic mass is 9.99. The van der Waals surface area contributed by atoms with Gasteiger partial charge in [0.25, 0.3) is 11.8 Å². The van der Waals surface area contributed by atoms with Crippen LogP contribution in [0, 0.1) is 27.7 Å². The summed E-state index contributed by atoms with van der Waals surface area (Å²) >= 11 is 6.23. The summed E-state index contributed by atoms with van der Waals surface area (Å²) in [6.45, 7) is 8.23. The number of rotatable bonds is 5. The van der Waals surface area contributed by atoms with Gasteiger partial charge in [-0.3, -0.25) is 14.5 Å². The zero-order valence-electron chi connectivity index (χ0n) is 15.9. The van der Waals surface area contributed by atoms with Crippen LogP contribution in [0.4, 0.5) is 0 Å². The van der Waals surface area contributed by atoms with Crippen molar-refractivity contribution in [3.63, 3.8) is 0 Å². The minimum atomic E-state index is -0.472. The van der Waals surface area contributed by atoms with Gasteiger partial charge in [-0.2, -0.15) is 0 Å². The molecule has 0 bridgehead atoms. The molecule has 0 N–H and O–H groups in total. The second-order valence-electron chi connectivity index (χ2n) is 6.94. The van der Waals surface area contributed by atoms with Crippen LogP contribution >= 0.6 is 11.6 Å². The van der Waals surface area contributed by atoms with E-state index in [9.17, 15) is 9.59 Å². The third kappa shape index (κ3) is 3.91. The first-order valence-electron chi connectivity index (χ1n) is 8.82. The molecule has 0 spiro atoms. The molecule has 4 nitrogen and oxygen atoms in total. The molecule has 0 unspecified atom stereocenters. The Kier molecular flexibility index (Phi) is 5.38. The third-order valence-electron chi connectivity index (χ3n) is 4.54. The number of nitrogens with zero attached hydrogens (tertiary/aromatic N) is 1. The summed E-state index contributed by atoms with van der Waals surface area (Å²) < 4.78 is 5.73. The predicted molar refractivity (Wildman–Crippen MR) is 107 cm³/mol. The first kappa shape index (κ1) is 19.2. The summed E-state index contributed by atoms with van der Waals surface area (Å²) in [5, 5.41) is -0.0293. The van der Waals surface area contributed by atoms with E-state index in [-0.39, 0.29) is 29.7 Å². The predicted octanol–water partition coefficient (Wildman–Crippen LogP) is 4.32. The van der Waals surface area contributed by atoms with Crippen LogP contribution in [0.3, 0.4) is 0 Å². The molecule has 27 heavy (non-hydrogen) atoms. The van der Waals surface area contributed by atoms with Gasteiger partial charge in [-0.25, -0.2) is 0 Å². The molecule has 3 rings (SSSR count). The SMILES string of the molecule is Cc1cc(C)cc(OCCN2C(=O)C(Cl)=C(c3ccc(C)cc3C)C2=O)c1. The number of benzene rings is 2. The Bertz CT molecular complexity index is 942. The highest BCUT2D eigenvalue weighted by molar-refractivity contribution is 6.55. The van der Waals surface area contributed by atoms with Crippen molar-refractivity contribution in [1.29, 1.82) is 0 Å². The van der Waals surface area contributed by atoms with Gasteiger partial charge in [0.1, 0.15) is 17.4 Å². The van der Waals surface area contributed by atoms with E-state index in [1.807, 2.05) is 58.0 Å². The van der Waals surface area contributed by atoms with Crippen molar-refractivity contribution in [2.24, 2.45) is 0 Å². The van der Waals surface area contributed by atoms with Gasteiger partial charge in [-0.1, -0.05) is 41.4 Å².